The van der Waals surface area contributed by atoms with Crippen molar-refractivity contribution in [2.75, 3.05) is 19.6 Å². The van der Waals surface area contributed by atoms with Crippen molar-refractivity contribution in [3.8, 4) is 0 Å². The van der Waals surface area contributed by atoms with Crippen LogP contribution in [0.25, 0.3) is 0 Å². The fourth-order valence-electron chi connectivity index (χ4n) is 2.11. The summed E-state index contributed by atoms with van der Waals surface area (Å²) in [5.74, 6) is -0.156. The molecule has 112 valence electrons. The number of rotatable bonds is 6. The lowest BCUT2D eigenvalue weighted by molar-refractivity contribution is -0.955. The van der Waals surface area contributed by atoms with Crippen LogP contribution in [0.3, 0.4) is 0 Å². The van der Waals surface area contributed by atoms with Gasteiger partial charge in [-0.15, -0.1) is 0 Å². The van der Waals surface area contributed by atoms with Crippen molar-refractivity contribution in [1.82, 2.24) is 0 Å². The van der Waals surface area contributed by atoms with Crippen molar-refractivity contribution in [1.29, 1.82) is 0 Å². The van der Waals surface area contributed by atoms with Gasteiger partial charge in [0.2, 0.25) is 5.78 Å². The Hall–Kier alpha value is -1.10. The highest BCUT2D eigenvalue weighted by molar-refractivity contribution is 5.81. The zero-order chi connectivity index (χ0) is 15.3. The van der Waals surface area contributed by atoms with Gasteiger partial charge in [0, 0.05) is 6.92 Å². The van der Waals surface area contributed by atoms with Crippen LogP contribution in [0, 0.1) is 0 Å². The molecule has 19 heavy (non-hydrogen) atoms. The smallest absolute Gasteiger partial charge is 0.428 e. The first-order valence-electron chi connectivity index (χ1n) is 6.87. The highest BCUT2D eigenvalue weighted by Crippen LogP contribution is 2.18. The van der Waals surface area contributed by atoms with E-state index in [2.05, 4.69) is 0 Å². The van der Waals surface area contributed by atoms with Crippen molar-refractivity contribution >= 4 is 11.9 Å². The van der Waals surface area contributed by atoms with Crippen molar-refractivity contribution in [2.24, 2.45) is 0 Å². The van der Waals surface area contributed by atoms with Crippen LogP contribution in [-0.2, 0) is 14.3 Å². The number of hydrogen-bond donors (Lipinski definition) is 0. The van der Waals surface area contributed by atoms with E-state index >= 15 is 0 Å². The molecule has 0 N–H and O–H groups in total. The number of ether oxygens (including phenoxy) is 2. The van der Waals surface area contributed by atoms with Crippen LogP contribution < -0.4 is 0 Å². The van der Waals surface area contributed by atoms with Crippen LogP contribution in [0.5, 0.6) is 0 Å². The Bertz CT molecular complexity index is 308. The molecule has 0 radical (unpaired) electrons. The number of ketones is 1. The van der Waals surface area contributed by atoms with E-state index in [1.807, 2.05) is 20.8 Å². The van der Waals surface area contributed by atoms with Gasteiger partial charge in [0.25, 0.3) is 6.23 Å². The Labute approximate surface area is 116 Å². The predicted molar refractivity (Wildman–Crippen MR) is 73.7 cm³/mol. The van der Waals surface area contributed by atoms with E-state index in [-0.39, 0.29) is 5.78 Å². The van der Waals surface area contributed by atoms with Gasteiger partial charge in [0.1, 0.15) is 5.60 Å². The van der Waals surface area contributed by atoms with E-state index in [1.54, 1.807) is 20.8 Å². The fraction of sp³-hybridized carbons (Fsp3) is 0.857. The molecule has 0 heterocycles. The Morgan fingerprint density at radius 1 is 1.05 bits per heavy atom. The van der Waals surface area contributed by atoms with Gasteiger partial charge in [-0.25, -0.2) is 4.79 Å². The van der Waals surface area contributed by atoms with E-state index in [0.29, 0.717) is 4.48 Å². The maximum atomic E-state index is 11.8. The molecule has 0 rings (SSSR count). The van der Waals surface area contributed by atoms with Gasteiger partial charge in [0.05, 0.1) is 19.6 Å². The molecule has 0 amide bonds. The number of carbonyl (C=O) groups is 2. The van der Waals surface area contributed by atoms with E-state index in [0.717, 1.165) is 19.6 Å². The summed E-state index contributed by atoms with van der Waals surface area (Å²) in [6, 6.07) is 0. The zero-order valence-corrected chi connectivity index (χ0v) is 13.3. The Balaban J connectivity index is 5.03. The minimum absolute atomic E-state index is 0.156. The first-order valence-corrected chi connectivity index (χ1v) is 6.87. The summed E-state index contributed by atoms with van der Waals surface area (Å²) in [5.41, 5.74) is -0.626. The monoisotopic (exact) mass is 274 g/mol. The van der Waals surface area contributed by atoms with E-state index < -0.39 is 18.0 Å². The lowest BCUT2D eigenvalue weighted by Gasteiger charge is -2.40. The third kappa shape index (κ3) is 5.19. The number of nitrogens with zero attached hydrogens (tertiary/aromatic N) is 1. The minimum atomic E-state index is -0.796. The molecular weight excluding hydrogens is 246 g/mol. The molecular formula is C14H28NO4+. The summed E-state index contributed by atoms with van der Waals surface area (Å²) < 4.78 is 10.8. The summed E-state index contributed by atoms with van der Waals surface area (Å²) in [6.07, 6.45) is -1.58. The number of quaternary nitrogens is 1. The van der Waals surface area contributed by atoms with E-state index in [9.17, 15) is 9.59 Å². The SMILES string of the molecule is CC[N+](CC)(CC)C(OC(=O)OC(C)(C)C)C(C)=O. The van der Waals surface area contributed by atoms with E-state index in [1.165, 1.54) is 6.92 Å². The molecule has 0 aromatic carbocycles. The largest absolute Gasteiger partial charge is 0.513 e. The maximum absolute atomic E-state index is 11.8. The molecule has 0 saturated heterocycles. The van der Waals surface area contributed by atoms with E-state index in [4.69, 9.17) is 9.47 Å². The predicted octanol–water partition coefficient (Wildman–Crippen LogP) is 2.73. The van der Waals surface area contributed by atoms with Crippen molar-refractivity contribution in [3.63, 3.8) is 0 Å². The Morgan fingerprint density at radius 2 is 1.47 bits per heavy atom. The lowest BCUT2D eigenvalue weighted by Crippen LogP contribution is -2.59. The molecule has 0 spiro atoms. The summed E-state index contributed by atoms with van der Waals surface area (Å²) in [4.78, 5) is 23.6. The molecule has 0 bridgehead atoms. The highest BCUT2D eigenvalue weighted by atomic mass is 16.7. The van der Waals surface area contributed by atoms with Crippen LogP contribution in [0.4, 0.5) is 4.79 Å². The van der Waals surface area contributed by atoms with Crippen LogP contribution in [0.15, 0.2) is 0 Å². The fourth-order valence-corrected chi connectivity index (χ4v) is 2.11. The third-order valence-corrected chi connectivity index (χ3v) is 3.33. The van der Waals surface area contributed by atoms with Gasteiger partial charge < -0.3 is 9.47 Å². The molecule has 1 unspecified atom stereocenters. The summed E-state index contributed by atoms with van der Waals surface area (Å²) in [6.45, 7) is 14.9. The number of likely N-dealkylation sites (N-methyl/N-ethyl adjacent to an activating group) is 1. The minimum Gasteiger partial charge on any atom is -0.428 e. The summed E-state index contributed by atoms with van der Waals surface area (Å²) in [5, 5.41) is 0. The Kier molecular flexibility index (Phi) is 6.49. The first kappa shape index (κ1) is 17.9. The van der Waals surface area contributed by atoms with Gasteiger partial charge in [-0.1, -0.05) is 0 Å². The lowest BCUT2D eigenvalue weighted by atomic mass is 10.2. The van der Waals surface area contributed by atoms with Gasteiger partial charge in [-0.2, -0.15) is 0 Å². The summed E-state index contributed by atoms with van der Waals surface area (Å²) in [7, 11) is 0. The zero-order valence-electron chi connectivity index (χ0n) is 13.3. The number of hydrogen-bond acceptors (Lipinski definition) is 4. The molecule has 0 saturated carbocycles. The molecule has 0 aromatic rings. The van der Waals surface area contributed by atoms with Gasteiger partial charge in [-0.3, -0.25) is 9.28 Å². The van der Waals surface area contributed by atoms with Crippen LogP contribution >= 0.6 is 0 Å². The quantitative estimate of drug-likeness (QED) is 0.424. The van der Waals surface area contributed by atoms with Gasteiger partial charge in [0.15, 0.2) is 0 Å². The second kappa shape index (κ2) is 6.89. The molecule has 0 fully saturated rings. The molecule has 0 aliphatic carbocycles. The van der Waals surface area contributed by atoms with Crippen molar-refractivity contribution in [2.45, 2.75) is 60.3 Å². The van der Waals surface area contributed by atoms with Crippen LogP contribution in [0.2, 0.25) is 0 Å². The second-order valence-electron chi connectivity index (χ2n) is 5.71. The normalized spacial score (nSPS) is 13.8. The third-order valence-electron chi connectivity index (χ3n) is 3.33. The van der Waals surface area contributed by atoms with Crippen molar-refractivity contribution in [3.05, 3.63) is 0 Å². The average Bonchev–Trinajstić information content (AvgIpc) is 2.28. The van der Waals surface area contributed by atoms with Crippen molar-refractivity contribution < 1.29 is 23.5 Å². The van der Waals surface area contributed by atoms with Crippen LogP contribution in [-0.4, -0.2) is 47.9 Å². The molecule has 1 atom stereocenters. The molecule has 5 heteroatoms. The summed E-state index contributed by atoms with van der Waals surface area (Å²) >= 11 is 0. The molecule has 0 aromatic heterocycles. The molecule has 5 nitrogen and oxygen atoms in total. The van der Waals surface area contributed by atoms with Gasteiger partial charge >= 0.3 is 6.16 Å². The molecule has 0 aliphatic rings. The Morgan fingerprint density at radius 3 is 1.74 bits per heavy atom. The number of carbonyl (C=O) groups excluding carboxylic acids is 2. The number of Topliss-reactive ketones (excluding diaryl/α,β-unsaturated/α-hetero) is 1. The maximum Gasteiger partial charge on any atom is 0.513 e. The molecule has 0 aliphatic heterocycles. The average molecular weight is 274 g/mol. The van der Waals surface area contributed by atoms with Crippen LogP contribution in [0.1, 0.15) is 48.5 Å². The highest BCUT2D eigenvalue weighted by Gasteiger charge is 2.40. The second-order valence-corrected chi connectivity index (χ2v) is 5.71. The standard InChI is InChI=1S/C14H28NO4/c1-8-15(9-2,10-3)12(11(4)16)18-13(17)19-14(5,6)7/h12H,8-10H2,1-7H3/q+1. The topological polar surface area (TPSA) is 52.6 Å². The first-order chi connectivity index (χ1) is 8.61. The van der Waals surface area contributed by atoms with Gasteiger partial charge in [-0.05, 0) is 41.5 Å².